The molecule has 1 atom stereocenters. The molecule has 0 saturated carbocycles. The third-order valence-corrected chi connectivity index (χ3v) is 2.61. The van der Waals surface area contributed by atoms with Crippen LogP contribution in [0.4, 0.5) is 0 Å². The summed E-state index contributed by atoms with van der Waals surface area (Å²) in [4.78, 5) is 11.5. The molecule has 5 nitrogen and oxygen atoms in total. The van der Waals surface area contributed by atoms with Crippen LogP contribution in [-0.4, -0.2) is 32.7 Å². The molecule has 0 spiro atoms. The Labute approximate surface area is 114 Å². The van der Waals surface area contributed by atoms with Crippen molar-refractivity contribution >= 4 is 5.91 Å². The van der Waals surface area contributed by atoms with E-state index in [4.69, 9.17) is 9.47 Å². The first-order valence-corrected chi connectivity index (χ1v) is 6.41. The third kappa shape index (κ3) is 4.44. The number of hydrogen-bond acceptors (Lipinski definition) is 4. The predicted molar refractivity (Wildman–Crippen MR) is 74.5 cm³/mol. The van der Waals surface area contributed by atoms with Crippen molar-refractivity contribution in [2.24, 2.45) is 0 Å². The van der Waals surface area contributed by atoms with E-state index in [2.05, 4.69) is 10.6 Å². The van der Waals surface area contributed by atoms with Gasteiger partial charge in [0.05, 0.1) is 6.61 Å². The van der Waals surface area contributed by atoms with E-state index in [1.807, 2.05) is 32.2 Å². The van der Waals surface area contributed by atoms with E-state index in [0.29, 0.717) is 18.1 Å². The van der Waals surface area contributed by atoms with E-state index in [-0.39, 0.29) is 5.91 Å². The molecule has 0 aliphatic rings. The molecule has 1 aromatic carbocycles. The number of rotatable bonds is 7. The van der Waals surface area contributed by atoms with Crippen LogP contribution in [0, 0.1) is 0 Å². The van der Waals surface area contributed by atoms with E-state index in [1.165, 1.54) is 0 Å². The summed E-state index contributed by atoms with van der Waals surface area (Å²) in [5.74, 6) is 1.07. The summed E-state index contributed by atoms with van der Waals surface area (Å²) in [6, 6.07) is 5.70. The van der Waals surface area contributed by atoms with Gasteiger partial charge in [-0.2, -0.15) is 0 Å². The normalized spacial score (nSPS) is 11.8. The first kappa shape index (κ1) is 15.3. The fourth-order valence-corrected chi connectivity index (χ4v) is 1.68. The minimum atomic E-state index is -0.556. The van der Waals surface area contributed by atoms with Gasteiger partial charge in [-0.3, -0.25) is 4.79 Å². The summed E-state index contributed by atoms with van der Waals surface area (Å²) in [7, 11) is 3.47. The van der Waals surface area contributed by atoms with E-state index in [9.17, 15) is 4.79 Å². The summed E-state index contributed by atoms with van der Waals surface area (Å²) in [5.41, 5.74) is 1.10. The van der Waals surface area contributed by atoms with Crippen molar-refractivity contribution in [1.29, 1.82) is 0 Å². The molecule has 19 heavy (non-hydrogen) atoms. The molecule has 0 aromatic heterocycles. The maximum Gasteiger partial charge on any atom is 0.260 e. The van der Waals surface area contributed by atoms with Crippen LogP contribution in [0.15, 0.2) is 18.2 Å². The molecule has 0 aliphatic carbocycles. The van der Waals surface area contributed by atoms with E-state index in [0.717, 1.165) is 12.1 Å². The average molecular weight is 266 g/mol. The SMILES string of the molecule is CCOc1cc(CNC)ccc1OC(C)C(=O)NC. The van der Waals surface area contributed by atoms with Crippen LogP contribution in [0.2, 0.25) is 0 Å². The Morgan fingerprint density at radius 2 is 2.05 bits per heavy atom. The molecule has 1 unspecified atom stereocenters. The Morgan fingerprint density at radius 1 is 1.32 bits per heavy atom. The molecule has 1 amide bonds. The van der Waals surface area contributed by atoms with E-state index in [1.54, 1.807) is 14.0 Å². The number of carbonyl (C=O) groups is 1. The van der Waals surface area contributed by atoms with Crippen LogP contribution >= 0.6 is 0 Å². The summed E-state index contributed by atoms with van der Waals surface area (Å²) >= 11 is 0. The topological polar surface area (TPSA) is 59.6 Å². The average Bonchev–Trinajstić information content (AvgIpc) is 2.41. The van der Waals surface area contributed by atoms with Gasteiger partial charge in [-0.05, 0) is 38.6 Å². The number of benzene rings is 1. The maximum absolute atomic E-state index is 11.5. The quantitative estimate of drug-likeness (QED) is 0.781. The summed E-state index contributed by atoms with van der Waals surface area (Å²) in [6.07, 6.45) is -0.556. The highest BCUT2D eigenvalue weighted by molar-refractivity contribution is 5.80. The Balaban J connectivity index is 2.89. The standard InChI is InChI=1S/C14H22N2O3/c1-5-18-13-8-11(9-15-3)6-7-12(13)19-10(2)14(17)16-4/h6-8,10,15H,5,9H2,1-4H3,(H,16,17). The van der Waals surface area contributed by atoms with Gasteiger partial charge in [0, 0.05) is 13.6 Å². The Hall–Kier alpha value is -1.75. The minimum Gasteiger partial charge on any atom is -0.490 e. The lowest BCUT2D eigenvalue weighted by molar-refractivity contribution is -0.126. The molecule has 0 radical (unpaired) electrons. The van der Waals surface area contributed by atoms with E-state index >= 15 is 0 Å². The molecule has 0 aliphatic heterocycles. The van der Waals surface area contributed by atoms with Crippen molar-refractivity contribution < 1.29 is 14.3 Å². The Morgan fingerprint density at radius 3 is 2.63 bits per heavy atom. The third-order valence-electron chi connectivity index (χ3n) is 2.61. The number of nitrogens with one attached hydrogen (secondary N) is 2. The van der Waals surface area contributed by atoms with Crippen LogP contribution < -0.4 is 20.1 Å². The molecular weight excluding hydrogens is 244 g/mol. The second kappa shape index (κ2) is 7.63. The fraction of sp³-hybridized carbons (Fsp3) is 0.500. The highest BCUT2D eigenvalue weighted by Gasteiger charge is 2.15. The lowest BCUT2D eigenvalue weighted by Crippen LogP contribution is -2.33. The molecular formula is C14H22N2O3. The van der Waals surface area contributed by atoms with Crippen molar-refractivity contribution in [3.05, 3.63) is 23.8 Å². The summed E-state index contributed by atoms with van der Waals surface area (Å²) < 4.78 is 11.2. The zero-order chi connectivity index (χ0) is 14.3. The molecule has 0 heterocycles. The number of likely N-dealkylation sites (N-methyl/N-ethyl adjacent to an activating group) is 1. The number of carbonyl (C=O) groups excluding carboxylic acids is 1. The van der Waals surface area contributed by atoms with Gasteiger partial charge in [0.2, 0.25) is 0 Å². The molecule has 0 saturated heterocycles. The van der Waals surface area contributed by atoms with Gasteiger partial charge in [0.15, 0.2) is 17.6 Å². The van der Waals surface area contributed by atoms with Gasteiger partial charge in [-0.15, -0.1) is 0 Å². The summed E-state index contributed by atoms with van der Waals surface area (Å²) in [6.45, 7) is 4.92. The van der Waals surface area contributed by atoms with Gasteiger partial charge in [0.25, 0.3) is 5.91 Å². The summed E-state index contributed by atoms with van der Waals surface area (Å²) in [5, 5.41) is 5.63. The van der Waals surface area contributed by atoms with Crippen LogP contribution in [0.5, 0.6) is 11.5 Å². The van der Waals surface area contributed by atoms with E-state index < -0.39 is 6.10 Å². The van der Waals surface area contributed by atoms with Crippen LogP contribution in [0.1, 0.15) is 19.4 Å². The van der Waals surface area contributed by atoms with Gasteiger partial charge in [-0.25, -0.2) is 0 Å². The van der Waals surface area contributed by atoms with Crippen molar-refractivity contribution in [3.63, 3.8) is 0 Å². The second-order valence-electron chi connectivity index (χ2n) is 4.12. The lowest BCUT2D eigenvalue weighted by atomic mass is 10.2. The molecule has 0 fully saturated rings. The van der Waals surface area contributed by atoms with Crippen molar-refractivity contribution in [2.45, 2.75) is 26.5 Å². The number of amides is 1. The molecule has 5 heteroatoms. The van der Waals surface area contributed by atoms with Crippen LogP contribution in [0.25, 0.3) is 0 Å². The molecule has 1 aromatic rings. The second-order valence-corrected chi connectivity index (χ2v) is 4.12. The Kier molecular flexibility index (Phi) is 6.15. The van der Waals surface area contributed by atoms with Gasteiger partial charge in [-0.1, -0.05) is 6.07 Å². The van der Waals surface area contributed by atoms with Crippen molar-refractivity contribution in [3.8, 4) is 11.5 Å². The first-order valence-electron chi connectivity index (χ1n) is 6.41. The predicted octanol–water partition coefficient (Wildman–Crippen LogP) is 1.32. The largest absolute Gasteiger partial charge is 0.490 e. The van der Waals surface area contributed by atoms with Crippen LogP contribution in [-0.2, 0) is 11.3 Å². The smallest absolute Gasteiger partial charge is 0.260 e. The highest BCUT2D eigenvalue weighted by Crippen LogP contribution is 2.29. The first-order chi connectivity index (χ1) is 9.12. The zero-order valence-corrected chi connectivity index (χ0v) is 11.9. The van der Waals surface area contributed by atoms with Gasteiger partial charge >= 0.3 is 0 Å². The molecule has 2 N–H and O–H groups in total. The Bertz CT molecular complexity index is 421. The highest BCUT2D eigenvalue weighted by atomic mass is 16.5. The lowest BCUT2D eigenvalue weighted by Gasteiger charge is -2.17. The number of hydrogen-bond donors (Lipinski definition) is 2. The molecule has 0 bridgehead atoms. The monoisotopic (exact) mass is 266 g/mol. The fourth-order valence-electron chi connectivity index (χ4n) is 1.68. The number of ether oxygens (including phenoxy) is 2. The zero-order valence-electron chi connectivity index (χ0n) is 11.9. The van der Waals surface area contributed by atoms with Crippen molar-refractivity contribution in [2.75, 3.05) is 20.7 Å². The minimum absolute atomic E-state index is 0.165. The van der Waals surface area contributed by atoms with Crippen molar-refractivity contribution in [1.82, 2.24) is 10.6 Å². The maximum atomic E-state index is 11.5. The van der Waals surface area contributed by atoms with Crippen LogP contribution in [0.3, 0.4) is 0 Å². The molecule has 106 valence electrons. The molecule has 1 rings (SSSR count). The van der Waals surface area contributed by atoms with Gasteiger partial charge < -0.3 is 20.1 Å². The van der Waals surface area contributed by atoms with Gasteiger partial charge in [0.1, 0.15) is 0 Å².